The predicted molar refractivity (Wildman–Crippen MR) is 48.2 cm³/mol. The zero-order chi connectivity index (χ0) is 12.3. The molecule has 0 amide bonds. The monoisotopic (exact) mass is 238 g/mol. The van der Waals surface area contributed by atoms with Crippen molar-refractivity contribution < 1.29 is 26.7 Å². The summed E-state index contributed by atoms with van der Waals surface area (Å²) in [6.07, 6.45) is -5.32. The van der Waals surface area contributed by atoms with Gasteiger partial charge in [0.25, 0.3) is 0 Å². The van der Waals surface area contributed by atoms with E-state index in [-0.39, 0.29) is 0 Å². The molecule has 0 N–H and O–H groups in total. The third-order valence-electron chi connectivity index (χ3n) is 1.79. The molecule has 0 saturated carbocycles. The molecule has 0 heterocycles. The highest BCUT2D eigenvalue weighted by molar-refractivity contribution is 5.62. The van der Waals surface area contributed by atoms with Crippen molar-refractivity contribution in [2.75, 3.05) is 7.11 Å². The Hall–Kier alpha value is -1.59. The largest absolute Gasteiger partial charge is 0.497 e. The Morgan fingerprint density at radius 1 is 1.06 bits per heavy atom. The molecule has 88 valence electrons. The minimum absolute atomic E-state index is 0.337. The Kier molecular flexibility index (Phi) is 3.51. The number of benzene rings is 1. The van der Waals surface area contributed by atoms with Crippen molar-refractivity contribution >= 4 is 5.83 Å². The fraction of sp³-hybridized carbons (Fsp3) is 0.200. The topological polar surface area (TPSA) is 9.23 Å². The van der Waals surface area contributed by atoms with Crippen LogP contribution in [-0.4, -0.2) is 13.3 Å². The highest BCUT2D eigenvalue weighted by atomic mass is 19.4. The molecule has 16 heavy (non-hydrogen) atoms. The number of hydrogen-bond donors (Lipinski definition) is 0. The van der Waals surface area contributed by atoms with Crippen molar-refractivity contribution in [1.29, 1.82) is 0 Å². The van der Waals surface area contributed by atoms with Gasteiger partial charge in [-0.05, 0) is 24.3 Å². The Morgan fingerprint density at radius 3 is 1.94 bits per heavy atom. The second-order valence-electron chi connectivity index (χ2n) is 2.85. The van der Waals surface area contributed by atoms with Gasteiger partial charge in [0, 0.05) is 5.56 Å². The number of ether oxygens (including phenoxy) is 1. The summed E-state index contributed by atoms with van der Waals surface area (Å²) in [7, 11) is 1.34. The Balaban J connectivity index is 3.09. The van der Waals surface area contributed by atoms with Crippen LogP contribution in [0.15, 0.2) is 30.1 Å². The Morgan fingerprint density at radius 2 is 1.56 bits per heavy atom. The van der Waals surface area contributed by atoms with Gasteiger partial charge in [-0.25, -0.2) is 4.39 Å². The summed E-state index contributed by atoms with van der Waals surface area (Å²) in [6.45, 7) is 0. The minimum atomic E-state index is -5.32. The van der Waals surface area contributed by atoms with E-state index in [2.05, 4.69) is 0 Å². The third-order valence-corrected chi connectivity index (χ3v) is 1.79. The molecule has 0 saturated heterocycles. The molecule has 6 heteroatoms. The number of allylic oxidation sites excluding steroid dienone is 1. The summed E-state index contributed by atoms with van der Waals surface area (Å²) in [5, 5.41) is 0. The van der Waals surface area contributed by atoms with Crippen LogP contribution in [0.2, 0.25) is 0 Å². The fourth-order valence-electron chi connectivity index (χ4n) is 0.989. The van der Waals surface area contributed by atoms with Gasteiger partial charge in [-0.2, -0.15) is 17.6 Å². The molecule has 1 aromatic carbocycles. The van der Waals surface area contributed by atoms with Crippen LogP contribution in [0.3, 0.4) is 0 Å². The van der Waals surface area contributed by atoms with Crippen LogP contribution < -0.4 is 4.74 Å². The van der Waals surface area contributed by atoms with E-state index in [9.17, 15) is 22.0 Å². The normalized spacial score (nSPS) is 13.4. The molecule has 1 nitrogen and oxygen atoms in total. The summed E-state index contributed by atoms with van der Waals surface area (Å²) in [5.41, 5.74) is -0.490. The predicted octanol–water partition coefficient (Wildman–Crippen LogP) is 3.87. The maximum Gasteiger partial charge on any atom is 0.445 e. The van der Waals surface area contributed by atoms with Crippen LogP contribution >= 0.6 is 0 Å². The molecule has 0 spiro atoms. The maximum atomic E-state index is 13.0. The molecule has 0 aromatic heterocycles. The van der Waals surface area contributed by atoms with E-state index in [1.165, 1.54) is 19.2 Å². The van der Waals surface area contributed by atoms with E-state index in [4.69, 9.17) is 4.74 Å². The second kappa shape index (κ2) is 4.51. The van der Waals surface area contributed by atoms with Crippen LogP contribution in [0.1, 0.15) is 5.56 Å². The van der Waals surface area contributed by atoms with Crippen molar-refractivity contribution in [2.24, 2.45) is 0 Å². The van der Waals surface area contributed by atoms with Gasteiger partial charge in [-0.3, -0.25) is 0 Å². The number of hydrogen-bond acceptors (Lipinski definition) is 1. The van der Waals surface area contributed by atoms with E-state index in [1.54, 1.807) is 0 Å². The lowest BCUT2D eigenvalue weighted by molar-refractivity contribution is -0.108. The standard InChI is InChI=1S/C10H7F5O/c1-16-7-4-2-6(3-5-7)8(11)9(12)10(13,14)15/h2-5H,1H3/b9-8+. The van der Waals surface area contributed by atoms with Crippen molar-refractivity contribution in [3.05, 3.63) is 35.7 Å². The molecular formula is C10H7F5O. The molecule has 0 fully saturated rings. The smallest absolute Gasteiger partial charge is 0.445 e. The first-order valence-corrected chi connectivity index (χ1v) is 4.13. The second-order valence-corrected chi connectivity index (χ2v) is 2.85. The summed E-state index contributed by atoms with van der Waals surface area (Å²) in [6, 6.07) is 4.47. The Bertz CT molecular complexity index is 391. The third kappa shape index (κ3) is 2.71. The minimum Gasteiger partial charge on any atom is -0.497 e. The zero-order valence-corrected chi connectivity index (χ0v) is 8.11. The lowest BCUT2D eigenvalue weighted by Crippen LogP contribution is -2.09. The first-order valence-electron chi connectivity index (χ1n) is 4.13. The van der Waals surface area contributed by atoms with Crippen LogP contribution in [0.4, 0.5) is 22.0 Å². The van der Waals surface area contributed by atoms with Gasteiger partial charge in [0.15, 0.2) is 5.83 Å². The highest BCUT2D eigenvalue weighted by Gasteiger charge is 2.38. The number of halogens is 5. The molecule has 0 radical (unpaired) electrons. The summed E-state index contributed by atoms with van der Waals surface area (Å²) in [5.74, 6) is -4.34. The molecular weight excluding hydrogens is 231 g/mol. The highest BCUT2D eigenvalue weighted by Crippen LogP contribution is 2.34. The molecule has 0 unspecified atom stereocenters. The van der Waals surface area contributed by atoms with Crippen LogP contribution in [0.5, 0.6) is 5.75 Å². The van der Waals surface area contributed by atoms with Gasteiger partial charge in [0.2, 0.25) is 5.83 Å². The van der Waals surface area contributed by atoms with Crippen molar-refractivity contribution in [1.82, 2.24) is 0 Å². The summed E-state index contributed by atoms with van der Waals surface area (Å²) < 4.78 is 65.7. The van der Waals surface area contributed by atoms with E-state index < -0.39 is 23.4 Å². The molecule has 0 aliphatic carbocycles. The van der Waals surface area contributed by atoms with Gasteiger partial charge in [-0.1, -0.05) is 0 Å². The first-order chi connectivity index (χ1) is 7.36. The lowest BCUT2D eigenvalue weighted by Gasteiger charge is -2.06. The molecule has 0 aliphatic rings. The van der Waals surface area contributed by atoms with Gasteiger partial charge in [0.05, 0.1) is 7.11 Å². The molecule has 0 bridgehead atoms. The molecule has 1 aromatic rings. The summed E-state index contributed by atoms with van der Waals surface area (Å²) in [4.78, 5) is 0. The van der Waals surface area contributed by atoms with E-state index in [1.807, 2.05) is 0 Å². The van der Waals surface area contributed by atoms with Crippen molar-refractivity contribution in [2.45, 2.75) is 6.18 Å². The number of methoxy groups -OCH3 is 1. The molecule has 0 aliphatic heterocycles. The van der Waals surface area contributed by atoms with Crippen LogP contribution in [0.25, 0.3) is 5.83 Å². The SMILES string of the molecule is COc1ccc(/C(F)=C(\F)C(F)(F)F)cc1. The first kappa shape index (κ1) is 12.5. The van der Waals surface area contributed by atoms with Gasteiger partial charge >= 0.3 is 6.18 Å². The van der Waals surface area contributed by atoms with Crippen molar-refractivity contribution in [3.63, 3.8) is 0 Å². The zero-order valence-electron chi connectivity index (χ0n) is 8.11. The van der Waals surface area contributed by atoms with Gasteiger partial charge < -0.3 is 4.74 Å². The van der Waals surface area contributed by atoms with Crippen LogP contribution in [0, 0.1) is 0 Å². The quantitative estimate of drug-likeness (QED) is 0.711. The molecule has 0 atom stereocenters. The van der Waals surface area contributed by atoms with E-state index in [0.717, 1.165) is 12.1 Å². The van der Waals surface area contributed by atoms with E-state index in [0.29, 0.717) is 5.75 Å². The van der Waals surface area contributed by atoms with Crippen LogP contribution in [-0.2, 0) is 0 Å². The van der Waals surface area contributed by atoms with Crippen molar-refractivity contribution in [3.8, 4) is 5.75 Å². The fourth-order valence-corrected chi connectivity index (χ4v) is 0.989. The lowest BCUT2D eigenvalue weighted by atomic mass is 10.2. The number of alkyl halides is 3. The van der Waals surface area contributed by atoms with E-state index >= 15 is 0 Å². The summed E-state index contributed by atoms with van der Waals surface area (Å²) >= 11 is 0. The van der Waals surface area contributed by atoms with Gasteiger partial charge in [0.1, 0.15) is 5.75 Å². The average molecular weight is 238 g/mol. The maximum absolute atomic E-state index is 13.0. The average Bonchev–Trinajstić information content (AvgIpc) is 2.26. The number of rotatable bonds is 2. The Labute approximate surface area is 88.1 Å². The van der Waals surface area contributed by atoms with Gasteiger partial charge in [-0.15, -0.1) is 0 Å². The molecule has 1 rings (SSSR count).